The summed E-state index contributed by atoms with van der Waals surface area (Å²) in [6, 6.07) is 6.73. The Bertz CT molecular complexity index is 1420. The summed E-state index contributed by atoms with van der Waals surface area (Å²) >= 11 is 3.60. The molecule has 0 radical (unpaired) electrons. The second-order valence-electron chi connectivity index (χ2n) is 14.8. The lowest BCUT2D eigenvalue weighted by atomic mass is 9.73. The van der Waals surface area contributed by atoms with Gasteiger partial charge in [0.1, 0.15) is 24.4 Å². The van der Waals surface area contributed by atoms with E-state index < -0.39 is 65.0 Å². The van der Waals surface area contributed by atoms with Crippen molar-refractivity contribution in [2.45, 2.75) is 96.2 Å². The number of nitrogens with one attached hydrogen (secondary N) is 1. The monoisotopic (exact) mass is 699 g/mol. The fourth-order valence-corrected chi connectivity index (χ4v) is 8.63. The summed E-state index contributed by atoms with van der Waals surface area (Å²) in [5, 5.41) is 13.3. The number of carbonyl (C=O) groups excluding carboxylic acids is 4. The van der Waals surface area contributed by atoms with Crippen LogP contribution in [0.25, 0.3) is 0 Å². The van der Waals surface area contributed by atoms with Crippen LogP contribution in [0.15, 0.2) is 53.0 Å². The van der Waals surface area contributed by atoms with Gasteiger partial charge in [0.2, 0.25) is 17.7 Å². The Hall–Kier alpha value is -3.02. The average molecular weight is 701 g/mol. The molecule has 5 rings (SSSR count). The van der Waals surface area contributed by atoms with Crippen LogP contribution in [0.1, 0.15) is 72.4 Å². The van der Waals surface area contributed by atoms with Crippen LogP contribution in [0.5, 0.6) is 0 Å². The summed E-state index contributed by atoms with van der Waals surface area (Å²) in [4.78, 5) is 59.7. The van der Waals surface area contributed by atoms with Gasteiger partial charge in [-0.15, -0.1) is 0 Å². The zero-order chi connectivity index (χ0) is 33.6. The number of hydrogen-bond acceptors (Lipinski definition) is 7. The normalized spacial score (nSPS) is 32.2. The summed E-state index contributed by atoms with van der Waals surface area (Å²) in [6.45, 7) is 11.8. The van der Waals surface area contributed by atoms with E-state index in [1.54, 1.807) is 17.9 Å². The predicted octanol–water partition coefficient (Wildman–Crippen LogP) is 4.03. The van der Waals surface area contributed by atoms with E-state index in [0.29, 0.717) is 17.3 Å². The van der Waals surface area contributed by atoms with Crippen LogP contribution in [-0.2, 0) is 28.7 Å². The molecular formula is C35H46BrN3O7. The fourth-order valence-electron chi connectivity index (χ4n) is 7.90. The Morgan fingerprint density at radius 2 is 1.76 bits per heavy atom. The molecule has 0 aromatic heterocycles. The Kier molecular flexibility index (Phi) is 9.61. The molecule has 4 aliphatic heterocycles. The predicted molar refractivity (Wildman–Crippen MR) is 175 cm³/mol. The van der Waals surface area contributed by atoms with E-state index in [4.69, 9.17) is 9.47 Å². The minimum atomic E-state index is -1.43. The summed E-state index contributed by atoms with van der Waals surface area (Å²) in [5.41, 5.74) is -1.46. The molecule has 3 amide bonds. The molecule has 46 heavy (non-hydrogen) atoms. The number of ether oxygens (including phenoxy) is 2. The number of aliphatic hydroxyl groups excluding tert-OH is 1. The van der Waals surface area contributed by atoms with Gasteiger partial charge in [0, 0.05) is 23.0 Å². The second-order valence-corrected chi connectivity index (χ2v) is 15.7. The molecule has 4 heterocycles. The highest BCUT2D eigenvalue weighted by atomic mass is 79.9. The molecule has 5 bridgehead atoms. The van der Waals surface area contributed by atoms with Gasteiger partial charge in [-0.2, -0.15) is 0 Å². The van der Waals surface area contributed by atoms with E-state index in [0.717, 1.165) is 5.56 Å². The number of esters is 1. The minimum Gasteiger partial charge on any atom is -0.463 e. The molecule has 0 unspecified atom stereocenters. The number of fused-ring (bicyclic) bond motifs is 2. The van der Waals surface area contributed by atoms with Gasteiger partial charge in [0.15, 0.2) is 0 Å². The number of nitrogens with zero attached hydrogens (tertiary/aromatic N) is 2. The zero-order valence-corrected chi connectivity index (χ0v) is 29.1. The Morgan fingerprint density at radius 1 is 1.07 bits per heavy atom. The van der Waals surface area contributed by atoms with E-state index in [-0.39, 0.29) is 37.5 Å². The highest BCUT2D eigenvalue weighted by Gasteiger charge is 2.75. The lowest BCUT2D eigenvalue weighted by Crippen LogP contribution is -2.62. The first-order valence-corrected chi connectivity index (χ1v) is 16.9. The van der Waals surface area contributed by atoms with Crippen LogP contribution in [0.2, 0.25) is 0 Å². The van der Waals surface area contributed by atoms with Gasteiger partial charge in [-0.3, -0.25) is 19.2 Å². The highest BCUT2D eigenvalue weighted by molar-refractivity contribution is 9.11. The quantitative estimate of drug-likeness (QED) is 0.351. The number of benzene rings is 1. The Labute approximate surface area is 279 Å². The van der Waals surface area contributed by atoms with Gasteiger partial charge in [0.25, 0.3) is 0 Å². The van der Waals surface area contributed by atoms with Gasteiger partial charge in [-0.1, -0.05) is 79.2 Å². The molecular weight excluding hydrogens is 654 g/mol. The minimum absolute atomic E-state index is 0.0825. The van der Waals surface area contributed by atoms with E-state index >= 15 is 4.79 Å². The summed E-state index contributed by atoms with van der Waals surface area (Å²) in [6.07, 6.45) is 5.95. The van der Waals surface area contributed by atoms with Gasteiger partial charge in [-0.25, -0.2) is 0 Å². The molecule has 2 fully saturated rings. The summed E-state index contributed by atoms with van der Waals surface area (Å²) in [5.74, 6) is -3.54. The topological polar surface area (TPSA) is 125 Å². The van der Waals surface area contributed by atoms with Crippen molar-refractivity contribution in [1.82, 2.24) is 15.1 Å². The zero-order valence-electron chi connectivity index (χ0n) is 27.5. The molecule has 2 saturated heterocycles. The van der Waals surface area contributed by atoms with Crippen molar-refractivity contribution in [3.63, 3.8) is 0 Å². The highest BCUT2D eigenvalue weighted by Crippen LogP contribution is 2.59. The number of rotatable bonds is 5. The van der Waals surface area contributed by atoms with E-state index in [1.807, 2.05) is 56.3 Å². The number of aliphatic hydroxyl groups is 1. The maximum Gasteiger partial charge on any atom is 0.306 e. The van der Waals surface area contributed by atoms with Crippen molar-refractivity contribution in [1.29, 1.82) is 0 Å². The van der Waals surface area contributed by atoms with Crippen LogP contribution < -0.4 is 5.32 Å². The maximum atomic E-state index is 15.0. The van der Waals surface area contributed by atoms with Crippen molar-refractivity contribution in [2.24, 2.45) is 17.3 Å². The number of allylic oxidation sites excluding steroid dienone is 1. The standard InChI is InChI=1S/C35H46BrN3O7/c1-21(18-40)39-29-32(44)38(34(5,6)20-33(2,3)4)16-12-8-11-15-25(41)45-19-24(22-13-9-7-10-14-22)37-30(42)26-27(31(39)43)35(29)17-23(36)28(26)46-35/h7-10,12-14,17,21,24,26-29,40H,11,15-16,18-20H2,1-6H3,(H,37,42)/b12-8-/t21-,24+,26+,27-,28+,29+,35-/m1/s1. The van der Waals surface area contributed by atoms with Gasteiger partial charge in [-0.05, 0) is 50.7 Å². The molecule has 11 heteroatoms. The average Bonchev–Trinajstić information content (AvgIpc) is 3.58. The van der Waals surface area contributed by atoms with Crippen molar-refractivity contribution >= 4 is 39.6 Å². The van der Waals surface area contributed by atoms with Gasteiger partial charge in [0.05, 0.1) is 30.5 Å². The van der Waals surface area contributed by atoms with Gasteiger partial charge < -0.3 is 29.7 Å². The third-order valence-corrected chi connectivity index (χ3v) is 10.2. The molecule has 1 aromatic rings. The first-order valence-electron chi connectivity index (χ1n) is 16.1. The SMILES string of the molecule is C[C@H](CO)N1C(=O)[C@H]2[C@@H]3C(=O)N[C@H](c4ccccc4)COC(=O)CC/C=C\CN(C(C)(C)CC(C)(C)C)C(=O)[C@H]1[C@@]21C=C(Br)[C@@H]3O1. The van der Waals surface area contributed by atoms with Crippen molar-refractivity contribution in [2.75, 3.05) is 19.8 Å². The van der Waals surface area contributed by atoms with E-state index in [1.165, 1.54) is 4.90 Å². The second kappa shape index (κ2) is 12.9. The molecule has 10 nitrogen and oxygen atoms in total. The lowest BCUT2D eigenvalue weighted by Gasteiger charge is -2.46. The molecule has 4 aliphatic rings. The molecule has 7 atom stereocenters. The van der Waals surface area contributed by atoms with Crippen molar-refractivity contribution in [3.05, 3.63) is 58.6 Å². The van der Waals surface area contributed by atoms with E-state index in [9.17, 15) is 19.5 Å². The molecule has 2 N–H and O–H groups in total. The van der Waals surface area contributed by atoms with Crippen LogP contribution in [0, 0.1) is 17.3 Å². The number of cyclic esters (lactones) is 1. The molecule has 1 aromatic carbocycles. The third kappa shape index (κ3) is 6.30. The van der Waals surface area contributed by atoms with Crippen molar-refractivity contribution in [3.8, 4) is 0 Å². The first-order chi connectivity index (χ1) is 21.6. The fraction of sp³-hybridized carbons (Fsp3) is 0.600. The molecule has 0 saturated carbocycles. The molecule has 1 spiro atoms. The number of halogens is 1. The first kappa shape index (κ1) is 34.3. The Balaban J connectivity index is 1.63. The van der Waals surface area contributed by atoms with Crippen LogP contribution >= 0.6 is 15.9 Å². The largest absolute Gasteiger partial charge is 0.463 e. The smallest absolute Gasteiger partial charge is 0.306 e. The van der Waals surface area contributed by atoms with Crippen LogP contribution in [-0.4, -0.2) is 87.7 Å². The lowest BCUT2D eigenvalue weighted by molar-refractivity contribution is -0.154. The number of likely N-dealkylation sites (tertiary alicyclic amines) is 1. The number of carbonyl (C=O) groups is 4. The Morgan fingerprint density at radius 3 is 2.41 bits per heavy atom. The molecule has 0 aliphatic carbocycles. The summed E-state index contributed by atoms with van der Waals surface area (Å²) < 4.78 is 12.9. The number of hydrogen-bond donors (Lipinski definition) is 2. The third-order valence-electron chi connectivity index (χ3n) is 9.50. The van der Waals surface area contributed by atoms with Crippen molar-refractivity contribution < 1.29 is 33.8 Å². The summed E-state index contributed by atoms with van der Waals surface area (Å²) in [7, 11) is 0. The maximum absolute atomic E-state index is 15.0. The number of amides is 3. The van der Waals surface area contributed by atoms with E-state index in [2.05, 4.69) is 42.0 Å². The molecule has 250 valence electrons. The van der Waals surface area contributed by atoms with Gasteiger partial charge >= 0.3 is 5.97 Å². The van der Waals surface area contributed by atoms with Crippen LogP contribution in [0.3, 0.4) is 0 Å². The van der Waals surface area contributed by atoms with Crippen LogP contribution in [0.4, 0.5) is 0 Å².